The molecule has 1 fully saturated rings. The Morgan fingerprint density at radius 3 is 2.56 bits per heavy atom. The van der Waals surface area contributed by atoms with Crippen LogP contribution in [-0.4, -0.2) is 83.0 Å². The Kier molecular flexibility index (Phi) is 13.9. The van der Waals surface area contributed by atoms with E-state index in [0.717, 1.165) is 31.6 Å². The summed E-state index contributed by atoms with van der Waals surface area (Å²) in [5.41, 5.74) is -1.05. The predicted octanol–water partition coefficient (Wildman–Crippen LogP) is 3.61. The van der Waals surface area contributed by atoms with Gasteiger partial charge in [-0.05, 0) is 52.1 Å². The van der Waals surface area contributed by atoms with Crippen molar-refractivity contribution in [2.24, 2.45) is 5.92 Å². The number of hydrogen-bond acceptors (Lipinski definition) is 9. The molecule has 12 heteroatoms. The Labute approximate surface area is 224 Å². The number of halogens is 1. The lowest BCUT2D eigenvalue weighted by molar-refractivity contribution is -0.130. The van der Waals surface area contributed by atoms with Crippen molar-refractivity contribution in [1.82, 2.24) is 25.3 Å². The van der Waals surface area contributed by atoms with Crippen LogP contribution in [0.5, 0.6) is 0 Å². The average Bonchev–Trinajstić information content (AvgIpc) is 3.27. The van der Waals surface area contributed by atoms with Crippen molar-refractivity contribution in [2.75, 3.05) is 33.0 Å². The highest BCUT2D eigenvalue weighted by Gasteiger charge is 2.45. The molecule has 1 aliphatic rings. The number of nitrogens with one attached hydrogen (secondary N) is 1. The molecule has 0 saturated heterocycles. The largest absolute Gasteiger partial charge is 0.449 e. The molecule has 1 unspecified atom stereocenters. The molecular weight excluding hydrogens is 506 g/mol. The number of amides is 2. The van der Waals surface area contributed by atoms with Gasteiger partial charge in [0.25, 0.3) is 11.1 Å². The van der Waals surface area contributed by atoms with Crippen molar-refractivity contribution in [1.29, 1.82) is 0 Å². The van der Waals surface area contributed by atoms with Gasteiger partial charge in [-0.2, -0.15) is 0 Å². The number of aromatic nitrogens is 2. The van der Waals surface area contributed by atoms with Crippen LogP contribution in [0.3, 0.4) is 0 Å². The number of ketones is 1. The number of terminal acetylenes is 1. The summed E-state index contributed by atoms with van der Waals surface area (Å²) in [4.78, 5) is 42.1. The average molecular weight is 544 g/mol. The number of ether oxygens (including phenoxy) is 1. The maximum absolute atomic E-state index is 13.6. The monoisotopic (exact) mass is 543 g/mol. The molecule has 1 aliphatic carbocycles. The quantitative estimate of drug-likeness (QED) is 0.0937. The van der Waals surface area contributed by atoms with Gasteiger partial charge in [-0.15, -0.1) is 34.9 Å². The number of nitrogens with zero attached hydrogens (tertiary/aromatic N) is 4. The van der Waals surface area contributed by atoms with Gasteiger partial charge in [0, 0.05) is 18.7 Å². The van der Waals surface area contributed by atoms with Gasteiger partial charge in [-0.3, -0.25) is 14.9 Å². The van der Waals surface area contributed by atoms with Crippen LogP contribution in [0, 0.1) is 18.3 Å². The van der Waals surface area contributed by atoms with E-state index >= 15 is 0 Å². The van der Waals surface area contributed by atoms with Crippen molar-refractivity contribution >= 4 is 42.5 Å². The molecule has 36 heavy (non-hydrogen) atoms. The predicted molar refractivity (Wildman–Crippen MR) is 140 cm³/mol. The smallest absolute Gasteiger partial charge is 0.409 e. The second kappa shape index (κ2) is 15.7. The minimum atomic E-state index is -1.05. The number of Topliss-reactive ketones (excluding diaryl/α,β-unsaturated/α-hetero) is 1. The molecule has 1 aromatic heterocycles. The van der Waals surface area contributed by atoms with Gasteiger partial charge in [-0.1, -0.05) is 32.0 Å². The molecule has 202 valence electrons. The molecule has 10 nitrogen and oxygen atoms in total. The second-order valence-corrected chi connectivity index (χ2v) is 10.4. The molecule has 2 rings (SSSR count). The molecule has 0 aromatic carbocycles. The van der Waals surface area contributed by atoms with E-state index in [4.69, 9.17) is 15.6 Å². The molecule has 1 aromatic rings. The third kappa shape index (κ3) is 9.30. The SMILES string of the molecule is C#CCCOC(=O)NC1(N(C=O)C(CC(C)C)C(=O)c2nnc(SCCN(C)C)o2)CCCCC1.Cl. The molecular formula is C24H38ClN5O5S. The lowest BCUT2D eigenvalue weighted by atomic mass is 9.85. The molecule has 2 amide bonds. The summed E-state index contributed by atoms with van der Waals surface area (Å²) >= 11 is 1.37. The van der Waals surface area contributed by atoms with Crippen LogP contribution in [0.2, 0.25) is 0 Å². The number of hydrogen-bond donors (Lipinski definition) is 1. The molecule has 0 aliphatic heterocycles. The molecule has 0 radical (unpaired) electrons. The van der Waals surface area contributed by atoms with Crippen molar-refractivity contribution in [3.05, 3.63) is 5.89 Å². The third-order valence-electron chi connectivity index (χ3n) is 5.82. The molecule has 0 spiro atoms. The highest BCUT2D eigenvalue weighted by molar-refractivity contribution is 7.99. The Hall–Kier alpha value is -2.29. The zero-order chi connectivity index (χ0) is 25.8. The van der Waals surface area contributed by atoms with Crippen LogP contribution in [0.15, 0.2) is 9.64 Å². The van der Waals surface area contributed by atoms with Gasteiger partial charge in [-0.25, -0.2) is 4.79 Å². The summed E-state index contributed by atoms with van der Waals surface area (Å²) in [6.45, 7) is 4.82. The van der Waals surface area contributed by atoms with E-state index in [0.29, 0.717) is 37.3 Å². The fraction of sp³-hybridized carbons (Fsp3) is 0.708. The molecule has 1 heterocycles. The summed E-state index contributed by atoms with van der Waals surface area (Å²) in [5, 5.41) is 11.1. The topological polar surface area (TPSA) is 118 Å². The first kappa shape index (κ1) is 31.7. The van der Waals surface area contributed by atoms with Gasteiger partial charge < -0.3 is 19.0 Å². The normalized spacial score (nSPS) is 15.5. The van der Waals surface area contributed by atoms with Gasteiger partial charge in [0.05, 0.1) is 0 Å². The fourth-order valence-electron chi connectivity index (χ4n) is 4.10. The highest BCUT2D eigenvalue weighted by atomic mass is 35.5. The summed E-state index contributed by atoms with van der Waals surface area (Å²) < 4.78 is 10.9. The van der Waals surface area contributed by atoms with E-state index in [-0.39, 0.29) is 30.8 Å². The third-order valence-corrected chi connectivity index (χ3v) is 6.62. The number of thioether (sulfide) groups is 1. The van der Waals surface area contributed by atoms with Crippen LogP contribution in [-0.2, 0) is 9.53 Å². The Morgan fingerprint density at radius 1 is 1.28 bits per heavy atom. The first-order valence-electron chi connectivity index (χ1n) is 12.0. The Bertz CT molecular complexity index is 882. The number of alkyl carbamates (subject to hydrolysis) is 1. The number of rotatable bonds is 14. The first-order chi connectivity index (χ1) is 16.7. The van der Waals surface area contributed by atoms with Crippen LogP contribution in [0.1, 0.15) is 69.5 Å². The van der Waals surface area contributed by atoms with Gasteiger partial charge >= 0.3 is 6.09 Å². The zero-order valence-electron chi connectivity index (χ0n) is 21.5. The first-order valence-corrected chi connectivity index (χ1v) is 13.0. The van der Waals surface area contributed by atoms with Crippen molar-refractivity contribution in [3.63, 3.8) is 0 Å². The van der Waals surface area contributed by atoms with Crippen LogP contribution in [0.25, 0.3) is 0 Å². The summed E-state index contributed by atoms with van der Waals surface area (Å²) in [5.74, 6) is 2.66. The molecule has 1 saturated carbocycles. The lowest BCUT2D eigenvalue weighted by Crippen LogP contribution is -2.65. The van der Waals surface area contributed by atoms with E-state index < -0.39 is 23.6 Å². The van der Waals surface area contributed by atoms with Crippen molar-refractivity contribution in [2.45, 2.75) is 75.7 Å². The molecule has 1 N–H and O–H groups in total. The maximum Gasteiger partial charge on any atom is 0.409 e. The zero-order valence-corrected chi connectivity index (χ0v) is 23.2. The summed E-state index contributed by atoms with van der Waals surface area (Å²) in [6, 6.07) is -0.878. The van der Waals surface area contributed by atoms with Crippen molar-refractivity contribution in [3.8, 4) is 12.3 Å². The van der Waals surface area contributed by atoms with E-state index in [1.165, 1.54) is 16.7 Å². The van der Waals surface area contributed by atoms with E-state index in [1.807, 2.05) is 32.8 Å². The second-order valence-electron chi connectivity index (χ2n) is 9.35. The number of carbonyl (C=O) groups is 3. The lowest BCUT2D eigenvalue weighted by Gasteiger charge is -2.47. The van der Waals surface area contributed by atoms with E-state index in [2.05, 4.69) is 21.4 Å². The van der Waals surface area contributed by atoms with E-state index in [1.54, 1.807) is 0 Å². The Balaban J connectivity index is 0.00000648. The molecule has 1 atom stereocenters. The highest BCUT2D eigenvalue weighted by Crippen LogP contribution is 2.34. The standard InChI is InChI=1S/C24H37N5O5S.ClH/c1-6-7-14-33-22(32)25-24(11-9-8-10-12-24)29(17-30)19(16-18(2)3)20(31)21-26-27-23(34-21)35-15-13-28(4)5;/h1,17-19H,7-16H2,2-5H3,(H,25,32);1H. The summed E-state index contributed by atoms with van der Waals surface area (Å²) in [6.07, 6.45) is 9.45. The molecule has 0 bridgehead atoms. The number of carbonyl (C=O) groups excluding carboxylic acids is 3. The van der Waals surface area contributed by atoms with Crippen LogP contribution in [0.4, 0.5) is 4.79 Å². The minimum Gasteiger partial charge on any atom is -0.449 e. The van der Waals surface area contributed by atoms with Gasteiger partial charge in [0.2, 0.25) is 12.2 Å². The fourth-order valence-corrected chi connectivity index (χ4v) is 4.97. The van der Waals surface area contributed by atoms with E-state index in [9.17, 15) is 14.4 Å². The van der Waals surface area contributed by atoms with Crippen LogP contribution < -0.4 is 5.32 Å². The maximum atomic E-state index is 13.6. The van der Waals surface area contributed by atoms with Crippen LogP contribution >= 0.6 is 24.2 Å². The van der Waals surface area contributed by atoms with Crippen molar-refractivity contribution < 1.29 is 23.5 Å². The Morgan fingerprint density at radius 2 is 1.97 bits per heavy atom. The van der Waals surface area contributed by atoms with Gasteiger partial charge in [0.15, 0.2) is 0 Å². The van der Waals surface area contributed by atoms with Gasteiger partial charge in [0.1, 0.15) is 18.3 Å². The summed E-state index contributed by atoms with van der Waals surface area (Å²) in [7, 11) is 3.93. The minimum absolute atomic E-state index is 0.